The van der Waals surface area contributed by atoms with Crippen LogP contribution in [0.1, 0.15) is 23.3 Å². The van der Waals surface area contributed by atoms with Crippen molar-refractivity contribution in [2.24, 2.45) is 0 Å². The van der Waals surface area contributed by atoms with Gasteiger partial charge in [-0.3, -0.25) is 14.2 Å². The molecule has 0 saturated heterocycles. The summed E-state index contributed by atoms with van der Waals surface area (Å²) in [5.41, 5.74) is 0.692. The van der Waals surface area contributed by atoms with Gasteiger partial charge in [0.25, 0.3) is 5.56 Å². The SMILES string of the molecule is O=C(O)Cn1c(=O)n(-c2cccc(Cl)c2)c(=O)c2sc3c(c21)CCCC3. The van der Waals surface area contributed by atoms with Gasteiger partial charge in [-0.05, 0) is 49.4 Å². The highest BCUT2D eigenvalue weighted by molar-refractivity contribution is 7.19. The molecule has 0 saturated carbocycles. The van der Waals surface area contributed by atoms with Gasteiger partial charge in [0.1, 0.15) is 11.2 Å². The van der Waals surface area contributed by atoms with Crippen LogP contribution in [0.3, 0.4) is 0 Å². The fraction of sp³-hybridized carbons (Fsp3) is 0.278. The number of aliphatic carboxylic acids is 1. The number of hydrogen-bond donors (Lipinski definition) is 1. The molecule has 0 amide bonds. The van der Waals surface area contributed by atoms with Crippen LogP contribution in [0, 0.1) is 0 Å². The van der Waals surface area contributed by atoms with E-state index in [1.807, 2.05) is 0 Å². The maximum Gasteiger partial charge on any atom is 0.336 e. The second kappa shape index (κ2) is 6.41. The summed E-state index contributed by atoms with van der Waals surface area (Å²) in [4.78, 5) is 38.6. The van der Waals surface area contributed by atoms with E-state index in [0.717, 1.165) is 40.7 Å². The molecule has 0 radical (unpaired) electrons. The summed E-state index contributed by atoms with van der Waals surface area (Å²) in [5, 5.41) is 9.70. The fourth-order valence-electron chi connectivity index (χ4n) is 3.51. The van der Waals surface area contributed by atoms with Crippen LogP contribution < -0.4 is 11.2 Å². The van der Waals surface area contributed by atoms with E-state index in [9.17, 15) is 19.5 Å². The van der Waals surface area contributed by atoms with Gasteiger partial charge in [0.2, 0.25) is 0 Å². The summed E-state index contributed by atoms with van der Waals surface area (Å²) in [5.74, 6) is -1.12. The first-order chi connectivity index (χ1) is 12.5. The highest BCUT2D eigenvalue weighted by Crippen LogP contribution is 2.34. The van der Waals surface area contributed by atoms with Crippen LogP contribution >= 0.6 is 22.9 Å². The number of thiophene rings is 1. The van der Waals surface area contributed by atoms with E-state index >= 15 is 0 Å². The number of hydrogen-bond acceptors (Lipinski definition) is 4. The summed E-state index contributed by atoms with van der Waals surface area (Å²) < 4.78 is 2.65. The van der Waals surface area contributed by atoms with Crippen LogP contribution in [0.15, 0.2) is 33.9 Å². The Bertz CT molecular complexity index is 1160. The first-order valence-corrected chi connectivity index (χ1v) is 9.44. The Labute approximate surface area is 156 Å². The van der Waals surface area contributed by atoms with Crippen LogP contribution in [-0.4, -0.2) is 20.2 Å². The predicted molar refractivity (Wildman–Crippen MR) is 101 cm³/mol. The van der Waals surface area contributed by atoms with E-state index in [-0.39, 0.29) is 0 Å². The molecule has 0 unspecified atom stereocenters. The topological polar surface area (TPSA) is 81.3 Å². The van der Waals surface area contributed by atoms with Gasteiger partial charge >= 0.3 is 11.7 Å². The van der Waals surface area contributed by atoms with Crippen molar-refractivity contribution in [3.05, 3.63) is 60.6 Å². The summed E-state index contributed by atoms with van der Waals surface area (Å²) in [6.07, 6.45) is 3.62. The second-order valence-electron chi connectivity index (χ2n) is 6.27. The molecule has 0 aliphatic heterocycles. The maximum absolute atomic E-state index is 13.1. The molecule has 0 fully saturated rings. The molecule has 2 heterocycles. The number of carboxylic acids is 1. The number of aromatic nitrogens is 2. The van der Waals surface area contributed by atoms with E-state index < -0.39 is 23.8 Å². The van der Waals surface area contributed by atoms with Gasteiger partial charge in [-0.25, -0.2) is 9.36 Å². The molecule has 0 spiro atoms. The zero-order valence-corrected chi connectivity index (χ0v) is 15.3. The molecule has 1 N–H and O–H groups in total. The second-order valence-corrected chi connectivity index (χ2v) is 7.81. The monoisotopic (exact) mass is 390 g/mol. The van der Waals surface area contributed by atoms with Crippen LogP contribution in [-0.2, 0) is 24.2 Å². The highest BCUT2D eigenvalue weighted by atomic mass is 35.5. The van der Waals surface area contributed by atoms with Gasteiger partial charge in [0.05, 0.1) is 11.2 Å². The molecule has 1 aromatic carbocycles. The van der Waals surface area contributed by atoms with Gasteiger partial charge < -0.3 is 5.11 Å². The van der Waals surface area contributed by atoms with Crippen molar-refractivity contribution < 1.29 is 9.90 Å². The largest absolute Gasteiger partial charge is 0.480 e. The number of carbonyl (C=O) groups is 1. The molecule has 3 aromatic rings. The van der Waals surface area contributed by atoms with Gasteiger partial charge in [-0.1, -0.05) is 17.7 Å². The molecule has 1 aliphatic rings. The molecule has 6 nitrogen and oxygen atoms in total. The first kappa shape index (κ1) is 17.1. The summed E-state index contributed by atoms with van der Waals surface area (Å²) in [7, 11) is 0. The van der Waals surface area contributed by atoms with Crippen molar-refractivity contribution in [2.45, 2.75) is 32.2 Å². The minimum Gasteiger partial charge on any atom is -0.480 e. The normalized spacial score (nSPS) is 13.7. The number of halogens is 1. The highest BCUT2D eigenvalue weighted by Gasteiger charge is 2.24. The van der Waals surface area contributed by atoms with Crippen LogP contribution in [0.2, 0.25) is 5.02 Å². The third kappa shape index (κ3) is 2.68. The lowest BCUT2D eigenvalue weighted by Crippen LogP contribution is -2.39. The van der Waals surface area contributed by atoms with Gasteiger partial charge in [-0.2, -0.15) is 0 Å². The molecule has 2 aromatic heterocycles. The average Bonchev–Trinajstić information content (AvgIpc) is 2.98. The standard InChI is InChI=1S/C18H15ClN2O4S/c19-10-4-3-5-11(8-10)21-17(24)16-15(20(18(21)25)9-14(22)23)12-6-1-2-7-13(12)26-16/h3-5,8H,1-2,6-7,9H2,(H,22,23). The van der Waals surface area contributed by atoms with Crippen molar-refractivity contribution in [1.29, 1.82) is 0 Å². The lowest BCUT2D eigenvalue weighted by Gasteiger charge is -2.14. The molecule has 134 valence electrons. The van der Waals surface area contributed by atoms with Crippen LogP contribution in [0.4, 0.5) is 0 Å². The Morgan fingerprint density at radius 2 is 2.00 bits per heavy atom. The first-order valence-electron chi connectivity index (χ1n) is 8.25. The van der Waals surface area contributed by atoms with Gasteiger partial charge in [0, 0.05) is 9.90 Å². The van der Waals surface area contributed by atoms with Crippen molar-refractivity contribution in [3.63, 3.8) is 0 Å². The van der Waals surface area contributed by atoms with Crippen molar-refractivity contribution in [1.82, 2.24) is 9.13 Å². The van der Waals surface area contributed by atoms with Crippen molar-refractivity contribution in [3.8, 4) is 5.69 Å². The zero-order valence-electron chi connectivity index (χ0n) is 13.7. The molecule has 4 rings (SSSR count). The predicted octanol–water partition coefficient (Wildman–Crippen LogP) is 2.83. The summed E-state index contributed by atoms with van der Waals surface area (Å²) >= 11 is 7.38. The number of carboxylic acid groups (broad SMARTS) is 1. The lowest BCUT2D eigenvalue weighted by molar-refractivity contribution is -0.137. The Morgan fingerprint density at radius 3 is 2.73 bits per heavy atom. The minimum atomic E-state index is -1.12. The summed E-state index contributed by atoms with van der Waals surface area (Å²) in [6, 6.07) is 6.43. The molecule has 8 heteroatoms. The Hall–Kier alpha value is -2.38. The number of aryl methyl sites for hydroxylation is 2. The third-order valence-electron chi connectivity index (χ3n) is 4.59. The molecule has 0 atom stereocenters. The Morgan fingerprint density at radius 1 is 1.23 bits per heavy atom. The molecule has 0 bridgehead atoms. The molecule has 1 aliphatic carbocycles. The summed E-state index contributed by atoms with van der Waals surface area (Å²) in [6.45, 7) is -0.487. The van der Waals surface area contributed by atoms with E-state index in [4.69, 9.17) is 11.6 Å². The number of benzene rings is 1. The van der Waals surface area contributed by atoms with Gasteiger partial charge in [0.15, 0.2) is 0 Å². The number of rotatable bonds is 3. The van der Waals surface area contributed by atoms with E-state index in [1.54, 1.807) is 18.2 Å². The molecular weight excluding hydrogens is 376 g/mol. The quantitative estimate of drug-likeness (QED) is 0.745. The average molecular weight is 391 g/mol. The number of nitrogens with zero attached hydrogens (tertiary/aromatic N) is 2. The van der Waals surface area contributed by atoms with Crippen LogP contribution in [0.25, 0.3) is 15.9 Å². The zero-order chi connectivity index (χ0) is 18.4. The van der Waals surface area contributed by atoms with Crippen molar-refractivity contribution >= 4 is 39.1 Å². The van der Waals surface area contributed by atoms with E-state index in [0.29, 0.717) is 20.9 Å². The van der Waals surface area contributed by atoms with E-state index in [2.05, 4.69) is 0 Å². The minimum absolute atomic E-state index is 0.333. The van der Waals surface area contributed by atoms with Crippen LogP contribution in [0.5, 0.6) is 0 Å². The van der Waals surface area contributed by atoms with Crippen molar-refractivity contribution in [2.75, 3.05) is 0 Å². The lowest BCUT2D eigenvalue weighted by atomic mass is 9.98. The Kier molecular flexibility index (Phi) is 4.20. The molecule has 26 heavy (non-hydrogen) atoms. The Balaban J connectivity index is 2.13. The van der Waals surface area contributed by atoms with E-state index in [1.165, 1.54) is 22.0 Å². The number of fused-ring (bicyclic) bond motifs is 3. The maximum atomic E-state index is 13.1. The third-order valence-corrected chi connectivity index (χ3v) is 6.10. The van der Waals surface area contributed by atoms with Gasteiger partial charge in [-0.15, -0.1) is 11.3 Å². The molecular formula is C18H15ClN2O4S. The fourth-order valence-corrected chi connectivity index (χ4v) is 5.02. The smallest absolute Gasteiger partial charge is 0.336 e.